The van der Waals surface area contributed by atoms with Gasteiger partial charge in [-0.1, -0.05) is 48.8 Å². The summed E-state index contributed by atoms with van der Waals surface area (Å²) >= 11 is 2.42. The second kappa shape index (κ2) is 9.74. The van der Waals surface area contributed by atoms with Crippen molar-refractivity contribution in [2.75, 3.05) is 13.7 Å². The molecule has 0 saturated carbocycles. The minimum atomic E-state index is -1.93. The van der Waals surface area contributed by atoms with Gasteiger partial charge in [0.1, 0.15) is 4.75 Å². The van der Waals surface area contributed by atoms with Crippen LogP contribution in [0.4, 0.5) is 0 Å². The molecule has 1 aromatic carbocycles. The van der Waals surface area contributed by atoms with Crippen LogP contribution in [0.15, 0.2) is 22.7 Å². The van der Waals surface area contributed by atoms with Gasteiger partial charge in [0, 0.05) is 22.9 Å². The summed E-state index contributed by atoms with van der Waals surface area (Å²) < 4.78 is 28.7. The van der Waals surface area contributed by atoms with Crippen molar-refractivity contribution in [3.63, 3.8) is 0 Å². The topological polar surface area (TPSA) is 53.5 Å². The molecule has 0 saturated heterocycles. The Morgan fingerprint density at radius 1 is 1.19 bits per heavy atom. The van der Waals surface area contributed by atoms with Crippen LogP contribution in [0, 0.1) is 0 Å². The summed E-state index contributed by atoms with van der Waals surface area (Å²) in [5, 5.41) is 0.118. The van der Waals surface area contributed by atoms with E-state index in [1.807, 2.05) is 32.9 Å². The first-order valence-corrected chi connectivity index (χ1v) is 14.1. The number of ether oxygens (including phenoxy) is 1. The molecule has 27 heavy (non-hydrogen) atoms. The second-order valence-electron chi connectivity index (χ2n) is 9.36. The van der Waals surface area contributed by atoms with Gasteiger partial charge in [-0.25, -0.2) is 0 Å². The van der Waals surface area contributed by atoms with Crippen molar-refractivity contribution in [3.05, 3.63) is 33.8 Å². The van der Waals surface area contributed by atoms with Crippen LogP contribution >= 0.6 is 15.9 Å². The number of rotatable bonds is 8. The van der Waals surface area contributed by atoms with Gasteiger partial charge in [-0.3, -0.25) is 0 Å². The highest BCUT2D eigenvalue weighted by atomic mass is 79.9. The Kier molecular flexibility index (Phi) is 9.07. The number of hydrogen-bond acceptors (Lipinski definition) is 4. The van der Waals surface area contributed by atoms with Crippen LogP contribution < -0.4 is 4.72 Å². The fourth-order valence-electron chi connectivity index (χ4n) is 2.20. The number of nitrogens with one attached hydrogen (secondary N) is 1. The number of methoxy groups -OCH3 is 1. The zero-order chi connectivity index (χ0) is 21.0. The maximum absolute atomic E-state index is 12.8. The molecule has 0 unspecified atom stereocenters. The van der Waals surface area contributed by atoms with Crippen LogP contribution in [0.2, 0.25) is 18.1 Å². The minimum Gasteiger partial charge on any atom is -0.598 e. The molecular formula is C20H36BrNO3SSi. The van der Waals surface area contributed by atoms with Gasteiger partial charge >= 0.3 is 0 Å². The average molecular weight is 479 g/mol. The van der Waals surface area contributed by atoms with Crippen LogP contribution in [-0.4, -0.2) is 31.3 Å². The molecule has 0 heterocycles. The summed E-state index contributed by atoms with van der Waals surface area (Å²) in [5.74, 6) is 0. The van der Waals surface area contributed by atoms with E-state index >= 15 is 0 Å². The highest BCUT2D eigenvalue weighted by molar-refractivity contribution is 9.10. The molecule has 0 spiro atoms. The summed E-state index contributed by atoms with van der Waals surface area (Å²) in [5.41, 5.74) is 2.12. The lowest BCUT2D eigenvalue weighted by Gasteiger charge is -2.38. The zero-order valence-corrected chi connectivity index (χ0v) is 21.6. The molecule has 0 aliphatic carbocycles. The third kappa shape index (κ3) is 7.14. The van der Waals surface area contributed by atoms with Crippen molar-refractivity contribution in [1.29, 1.82) is 0 Å². The molecule has 156 valence electrons. The van der Waals surface area contributed by atoms with Gasteiger partial charge in [0.05, 0.1) is 19.3 Å². The Labute approximate surface area is 178 Å². The summed E-state index contributed by atoms with van der Waals surface area (Å²) in [7, 11) is -0.243. The lowest BCUT2D eigenvalue weighted by atomic mass is 10.0. The molecule has 4 nitrogen and oxygen atoms in total. The van der Waals surface area contributed by atoms with E-state index < -0.39 is 19.7 Å². The summed E-state index contributed by atoms with van der Waals surface area (Å²) in [6, 6.07) is 5.89. The molecule has 1 N–H and O–H groups in total. The minimum absolute atomic E-state index is 0.118. The highest BCUT2D eigenvalue weighted by Gasteiger charge is 2.39. The first-order valence-electron chi connectivity index (χ1n) is 9.29. The van der Waals surface area contributed by atoms with E-state index in [0.29, 0.717) is 13.2 Å². The molecule has 1 rings (SSSR count). The molecule has 7 heteroatoms. The molecule has 0 radical (unpaired) electrons. The smallest absolute Gasteiger partial charge is 0.192 e. The number of hydrogen-bond donors (Lipinski definition) is 1. The first-order chi connectivity index (χ1) is 12.2. The normalized spacial score (nSPS) is 15.7. The van der Waals surface area contributed by atoms with Gasteiger partial charge in [-0.15, -0.1) is 4.72 Å². The van der Waals surface area contributed by atoms with Gasteiger partial charge in [0.15, 0.2) is 8.32 Å². The third-order valence-electron chi connectivity index (χ3n) is 5.04. The summed E-state index contributed by atoms with van der Waals surface area (Å²) in [6.45, 7) is 18.0. The fraction of sp³-hybridized carbons (Fsp3) is 0.700. The molecule has 0 bridgehead atoms. The van der Waals surface area contributed by atoms with Crippen molar-refractivity contribution >= 4 is 35.6 Å². The van der Waals surface area contributed by atoms with E-state index in [9.17, 15) is 4.55 Å². The van der Waals surface area contributed by atoms with Crippen LogP contribution in [0.3, 0.4) is 0 Å². The van der Waals surface area contributed by atoms with Crippen LogP contribution in [0.1, 0.15) is 58.7 Å². The molecule has 0 aromatic heterocycles. The molecule has 0 amide bonds. The number of benzene rings is 1. The van der Waals surface area contributed by atoms with Crippen LogP contribution in [-0.2, 0) is 27.1 Å². The molecule has 1 aromatic rings. The maximum Gasteiger partial charge on any atom is 0.192 e. The average Bonchev–Trinajstić information content (AvgIpc) is 2.51. The van der Waals surface area contributed by atoms with Crippen molar-refractivity contribution in [1.82, 2.24) is 4.72 Å². The predicted molar refractivity (Wildman–Crippen MR) is 122 cm³/mol. The zero-order valence-electron chi connectivity index (χ0n) is 18.2. The van der Waals surface area contributed by atoms with Crippen LogP contribution in [0.25, 0.3) is 0 Å². The Hall–Kier alpha value is 0.107. The lowest BCUT2D eigenvalue weighted by Crippen LogP contribution is -2.46. The first kappa shape index (κ1) is 25.1. The largest absolute Gasteiger partial charge is 0.598 e. The lowest BCUT2D eigenvalue weighted by molar-refractivity contribution is 0.181. The highest BCUT2D eigenvalue weighted by Crippen LogP contribution is 2.38. The van der Waals surface area contributed by atoms with Gasteiger partial charge in [-0.05, 0) is 56.1 Å². The monoisotopic (exact) mass is 477 g/mol. The summed E-state index contributed by atoms with van der Waals surface area (Å²) in [6.07, 6.45) is 0. The van der Waals surface area contributed by atoms with Crippen LogP contribution in [0.5, 0.6) is 0 Å². The second-order valence-corrected chi connectivity index (χ2v) is 17.0. The SMILES string of the molecule is COCc1c(Br)cccc1[C@@H](CO[Si](C)(C)C(C)(C)C)N[S@@+]([O-])C(C)(C)C. The van der Waals surface area contributed by atoms with E-state index in [2.05, 4.69) is 60.6 Å². The number of halogens is 1. The standard InChI is InChI=1S/C20H36BrNO3SSi/c1-19(2,3)26(23)22-18(14-25-27(8,9)20(4,5)6)15-11-10-12-17(21)16(15)13-24-7/h10-12,18,22H,13-14H2,1-9H3/t18-,26+/m1/s1. The van der Waals surface area contributed by atoms with Crippen molar-refractivity contribution < 1.29 is 13.7 Å². The van der Waals surface area contributed by atoms with E-state index in [4.69, 9.17) is 9.16 Å². The molecule has 0 aliphatic rings. The Balaban J connectivity index is 3.22. The Morgan fingerprint density at radius 3 is 2.26 bits per heavy atom. The molecular weight excluding hydrogens is 442 g/mol. The Morgan fingerprint density at radius 2 is 1.78 bits per heavy atom. The van der Waals surface area contributed by atoms with E-state index in [1.54, 1.807) is 7.11 Å². The third-order valence-corrected chi connectivity index (χ3v) is 11.9. The van der Waals surface area contributed by atoms with E-state index in [1.165, 1.54) is 0 Å². The van der Waals surface area contributed by atoms with Crippen molar-refractivity contribution in [2.45, 2.75) is 77.1 Å². The van der Waals surface area contributed by atoms with Gasteiger partial charge in [-0.2, -0.15) is 0 Å². The van der Waals surface area contributed by atoms with Crippen molar-refractivity contribution in [3.8, 4) is 0 Å². The Bertz CT molecular complexity index is 614. The van der Waals surface area contributed by atoms with Crippen molar-refractivity contribution in [2.24, 2.45) is 0 Å². The molecule has 0 fully saturated rings. The van der Waals surface area contributed by atoms with Gasteiger partial charge in [0.2, 0.25) is 0 Å². The van der Waals surface area contributed by atoms with Gasteiger partial charge < -0.3 is 13.7 Å². The molecule has 0 aliphatic heterocycles. The maximum atomic E-state index is 12.8. The summed E-state index contributed by atoms with van der Waals surface area (Å²) in [4.78, 5) is 0. The fourth-order valence-corrected chi connectivity index (χ4v) is 4.52. The quantitative estimate of drug-likeness (QED) is 0.384. The van der Waals surface area contributed by atoms with E-state index in [-0.39, 0.29) is 15.8 Å². The predicted octanol–water partition coefficient (Wildman–Crippen LogP) is 5.71. The van der Waals surface area contributed by atoms with Gasteiger partial charge in [0.25, 0.3) is 0 Å². The molecule has 2 atom stereocenters. The van der Waals surface area contributed by atoms with E-state index in [0.717, 1.165) is 15.6 Å².